The summed E-state index contributed by atoms with van der Waals surface area (Å²) in [5.41, 5.74) is 0.283. The van der Waals surface area contributed by atoms with Gasteiger partial charge in [0, 0.05) is 6.61 Å². The van der Waals surface area contributed by atoms with E-state index in [0.717, 1.165) is 12.8 Å². The van der Waals surface area contributed by atoms with Gasteiger partial charge in [-0.25, -0.2) is 0 Å². The Morgan fingerprint density at radius 1 is 1.46 bits per heavy atom. The highest BCUT2D eigenvalue weighted by Gasteiger charge is 2.35. The lowest BCUT2D eigenvalue weighted by Gasteiger charge is -2.40. The van der Waals surface area contributed by atoms with Crippen LogP contribution in [-0.4, -0.2) is 22.9 Å². The standard InChI is InChI=1S/C11H22O2/c1-8(7-12)9-4-5-11(2,3)6-10(9)13/h8-10,12-13H,4-7H2,1-3H3/t8?,9?,10-/m1/s1. The molecular weight excluding hydrogens is 164 g/mol. The summed E-state index contributed by atoms with van der Waals surface area (Å²) in [7, 11) is 0. The lowest BCUT2D eigenvalue weighted by molar-refractivity contribution is -0.0175. The van der Waals surface area contributed by atoms with Crippen LogP contribution in [0.2, 0.25) is 0 Å². The molecule has 13 heavy (non-hydrogen) atoms. The summed E-state index contributed by atoms with van der Waals surface area (Å²) in [6.45, 7) is 6.63. The van der Waals surface area contributed by atoms with E-state index in [1.807, 2.05) is 6.92 Å². The van der Waals surface area contributed by atoms with Crippen molar-refractivity contribution in [2.75, 3.05) is 6.61 Å². The molecule has 1 aliphatic carbocycles. The third kappa shape index (κ3) is 2.68. The average Bonchev–Trinajstić information content (AvgIpc) is 2.01. The van der Waals surface area contributed by atoms with Gasteiger partial charge in [-0.15, -0.1) is 0 Å². The lowest BCUT2D eigenvalue weighted by Crippen LogP contribution is -2.37. The van der Waals surface area contributed by atoms with Crippen LogP contribution in [0.5, 0.6) is 0 Å². The molecule has 0 aromatic carbocycles. The van der Waals surface area contributed by atoms with Gasteiger partial charge in [0.2, 0.25) is 0 Å². The van der Waals surface area contributed by atoms with E-state index < -0.39 is 0 Å². The molecule has 0 aromatic rings. The molecule has 2 nitrogen and oxygen atoms in total. The van der Waals surface area contributed by atoms with Crippen molar-refractivity contribution < 1.29 is 10.2 Å². The average molecular weight is 186 g/mol. The molecule has 1 rings (SSSR count). The fourth-order valence-corrected chi connectivity index (χ4v) is 2.37. The van der Waals surface area contributed by atoms with E-state index in [-0.39, 0.29) is 24.0 Å². The van der Waals surface area contributed by atoms with Crippen molar-refractivity contribution in [2.45, 2.75) is 46.1 Å². The van der Waals surface area contributed by atoms with Gasteiger partial charge in [-0.05, 0) is 36.5 Å². The van der Waals surface area contributed by atoms with Crippen LogP contribution in [0.3, 0.4) is 0 Å². The predicted octanol–water partition coefficient (Wildman–Crippen LogP) is 1.80. The van der Waals surface area contributed by atoms with Gasteiger partial charge >= 0.3 is 0 Å². The number of aliphatic hydroxyl groups is 2. The van der Waals surface area contributed by atoms with Crippen LogP contribution < -0.4 is 0 Å². The molecule has 78 valence electrons. The maximum absolute atomic E-state index is 9.89. The summed E-state index contributed by atoms with van der Waals surface area (Å²) >= 11 is 0. The lowest BCUT2D eigenvalue weighted by atomic mass is 9.68. The van der Waals surface area contributed by atoms with Gasteiger partial charge < -0.3 is 10.2 Å². The molecule has 0 heterocycles. The maximum Gasteiger partial charge on any atom is 0.0576 e. The first kappa shape index (κ1) is 11.0. The Bertz CT molecular complexity index is 165. The Hall–Kier alpha value is -0.0800. The minimum atomic E-state index is -0.217. The quantitative estimate of drug-likeness (QED) is 0.690. The van der Waals surface area contributed by atoms with Gasteiger partial charge in [-0.2, -0.15) is 0 Å². The van der Waals surface area contributed by atoms with Crippen molar-refractivity contribution in [3.05, 3.63) is 0 Å². The highest BCUT2D eigenvalue weighted by atomic mass is 16.3. The topological polar surface area (TPSA) is 40.5 Å². The van der Waals surface area contributed by atoms with E-state index in [1.54, 1.807) is 0 Å². The number of hydrogen-bond acceptors (Lipinski definition) is 2. The first-order valence-corrected chi connectivity index (χ1v) is 5.25. The second kappa shape index (κ2) is 3.97. The first-order chi connectivity index (χ1) is 5.96. The van der Waals surface area contributed by atoms with Gasteiger partial charge in [0.05, 0.1) is 6.10 Å². The number of hydrogen-bond donors (Lipinski definition) is 2. The van der Waals surface area contributed by atoms with Crippen LogP contribution in [0.15, 0.2) is 0 Å². The van der Waals surface area contributed by atoms with E-state index in [0.29, 0.717) is 5.92 Å². The second-order valence-electron chi connectivity index (χ2n) is 5.30. The van der Waals surface area contributed by atoms with E-state index in [9.17, 15) is 5.11 Å². The van der Waals surface area contributed by atoms with Crippen molar-refractivity contribution in [2.24, 2.45) is 17.3 Å². The Morgan fingerprint density at radius 2 is 2.08 bits per heavy atom. The smallest absolute Gasteiger partial charge is 0.0576 e. The van der Waals surface area contributed by atoms with Crippen molar-refractivity contribution in [1.29, 1.82) is 0 Å². The van der Waals surface area contributed by atoms with Gasteiger partial charge in [0.25, 0.3) is 0 Å². The summed E-state index contributed by atoms with van der Waals surface area (Å²) in [5, 5.41) is 18.9. The molecule has 0 aromatic heterocycles. The van der Waals surface area contributed by atoms with Crippen LogP contribution in [0.4, 0.5) is 0 Å². The molecule has 2 heteroatoms. The molecule has 0 aliphatic heterocycles. The summed E-state index contributed by atoms with van der Waals surface area (Å²) < 4.78 is 0. The highest BCUT2D eigenvalue weighted by molar-refractivity contribution is 4.86. The molecule has 0 amide bonds. The van der Waals surface area contributed by atoms with Crippen LogP contribution in [-0.2, 0) is 0 Å². The Kier molecular flexibility index (Phi) is 3.36. The van der Waals surface area contributed by atoms with E-state index in [4.69, 9.17) is 5.11 Å². The summed E-state index contributed by atoms with van der Waals surface area (Å²) in [4.78, 5) is 0. The fraction of sp³-hybridized carbons (Fsp3) is 1.00. The zero-order valence-corrected chi connectivity index (χ0v) is 8.95. The molecule has 0 spiro atoms. The second-order valence-corrected chi connectivity index (χ2v) is 5.30. The molecule has 3 atom stereocenters. The van der Waals surface area contributed by atoms with Gasteiger partial charge in [-0.3, -0.25) is 0 Å². The zero-order valence-electron chi connectivity index (χ0n) is 8.95. The van der Waals surface area contributed by atoms with Crippen molar-refractivity contribution in [1.82, 2.24) is 0 Å². The molecule has 0 bridgehead atoms. The summed E-state index contributed by atoms with van der Waals surface area (Å²) in [5.74, 6) is 0.545. The molecular formula is C11H22O2. The fourth-order valence-electron chi connectivity index (χ4n) is 2.37. The molecule has 1 fully saturated rings. The van der Waals surface area contributed by atoms with Crippen LogP contribution in [0.1, 0.15) is 40.0 Å². The van der Waals surface area contributed by atoms with Crippen LogP contribution in [0, 0.1) is 17.3 Å². The van der Waals surface area contributed by atoms with E-state index in [2.05, 4.69) is 13.8 Å². The third-order valence-corrected chi connectivity index (χ3v) is 3.43. The van der Waals surface area contributed by atoms with Crippen molar-refractivity contribution in [3.63, 3.8) is 0 Å². The van der Waals surface area contributed by atoms with Crippen molar-refractivity contribution >= 4 is 0 Å². The minimum absolute atomic E-state index is 0.197. The molecule has 1 saturated carbocycles. The van der Waals surface area contributed by atoms with Gasteiger partial charge in [0.15, 0.2) is 0 Å². The normalized spacial score (nSPS) is 35.8. The van der Waals surface area contributed by atoms with E-state index >= 15 is 0 Å². The molecule has 2 unspecified atom stereocenters. The van der Waals surface area contributed by atoms with Crippen molar-refractivity contribution in [3.8, 4) is 0 Å². The van der Waals surface area contributed by atoms with Crippen LogP contribution >= 0.6 is 0 Å². The largest absolute Gasteiger partial charge is 0.396 e. The Balaban J connectivity index is 2.53. The van der Waals surface area contributed by atoms with Crippen LogP contribution in [0.25, 0.3) is 0 Å². The summed E-state index contributed by atoms with van der Waals surface area (Å²) in [6, 6.07) is 0. The van der Waals surface area contributed by atoms with Gasteiger partial charge in [0.1, 0.15) is 0 Å². The summed E-state index contributed by atoms with van der Waals surface area (Å²) in [6.07, 6.45) is 2.88. The van der Waals surface area contributed by atoms with Gasteiger partial charge in [-0.1, -0.05) is 20.8 Å². The number of aliphatic hydroxyl groups excluding tert-OH is 2. The SMILES string of the molecule is CC(CO)C1CCC(C)(C)C[C@H]1O. The predicted molar refractivity (Wildman–Crippen MR) is 53.4 cm³/mol. The molecule has 0 radical (unpaired) electrons. The molecule has 0 saturated heterocycles. The first-order valence-electron chi connectivity index (χ1n) is 5.25. The number of rotatable bonds is 2. The van der Waals surface area contributed by atoms with E-state index in [1.165, 1.54) is 6.42 Å². The highest BCUT2D eigenvalue weighted by Crippen LogP contribution is 2.40. The Labute approximate surface area is 81.0 Å². The Morgan fingerprint density at radius 3 is 2.54 bits per heavy atom. The monoisotopic (exact) mass is 186 g/mol. The minimum Gasteiger partial charge on any atom is -0.396 e. The molecule has 2 N–H and O–H groups in total. The zero-order chi connectivity index (χ0) is 10.1. The maximum atomic E-state index is 9.89. The molecule has 1 aliphatic rings. The third-order valence-electron chi connectivity index (χ3n) is 3.43.